The van der Waals surface area contributed by atoms with Crippen molar-refractivity contribution in [2.75, 3.05) is 19.5 Å². The summed E-state index contributed by atoms with van der Waals surface area (Å²) in [5.74, 6) is 2.10. The fourth-order valence-electron chi connectivity index (χ4n) is 3.67. The number of benzene rings is 2. The van der Waals surface area contributed by atoms with Crippen LogP contribution in [0.1, 0.15) is 17.5 Å². The van der Waals surface area contributed by atoms with Gasteiger partial charge in [0.1, 0.15) is 5.75 Å². The van der Waals surface area contributed by atoms with E-state index in [2.05, 4.69) is 57.3 Å². The second-order valence-electron chi connectivity index (χ2n) is 7.69. The highest BCUT2D eigenvalue weighted by Crippen LogP contribution is 2.32. The maximum atomic E-state index is 6.52. The lowest BCUT2D eigenvalue weighted by Crippen LogP contribution is -2.37. The third kappa shape index (κ3) is 6.35. The lowest BCUT2D eigenvalue weighted by molar-refractivity contribution is -0.180. The zero-order valence-electron chi connectivity index (χ0n) is 17.6. The number of aryl methyl sites for hydroxylation is 1. The van der Waals surface area contributed by atoms with Gasteiger partial charge in [-0.05, 0) is 41.8 Å². The van der Waals surface area contributed by atoms with Gasteiger partial charge in [-0.1, -0.05) is 40.2 Å². The van der Waals surface area contributed by atoms with E-state index in [1.807, 2.05) is 41.0 Å². The van der Waals surface area contributed by atoms with Crippen molar-refractivity contribution < 1.29 is 14.2 Å². The molecule has 2 heterocycles. The molecule has 1 aliphatic rings. The summed E-state index contributed by atoms with van der Waals surface area (Å²) < 4.78 is 21.2. The first kappa shape index (κ1) is 22.4. The summed E-state index contributed by atoms with van der Waals surface area (Å²) in [5.41, 5.74) is 2.56. The van der Waals surface area contributed by atoms with Crippen molar-refractivity contribution in [3.05, 3.63) is 82.9 Å². The molecule has 0 saturated carbocycles. The molecule has 2 aromatic carbocycles. The summed E-state index contributed by atoms with van der Waals surface area (Å²) in [6, 6.07) is 16.7. The third-order valence-electron chi connectivity index (χ3n) is 5.34. The molecule has 1 saturated heterocycles. The molecule has 7 heteroatoms. The Kier molecular flexibility index (Phi) is 7.72. The zero-order chi connectivity index (χ0) is 21.5. The van der Waals surface area contributed by atoms with Gasteiger partial charge in [0.05, 0.1) is 32.7 Å². The van der Waals surface area contributed by atoms with E-state index < -0.39 is 5.79 Å². The van der Waals surface area contributed by atoms with Gasteiger partial charge in [-0.2, -0.15) is 11.8 Å². The van der Waals surface area contributed by atoms with E-state index in [0.717, 1.165) is 34.6 Å². The Morgan fingerprint density at radius 1 is 1.16 bits per heavy atom. The Hall–Kier alpha value is -1.80. The van der Waals surface area contributed by atoms with Crippen LogP contribution in [0.4, 0.5) is 0 Å². The summed E-state index contributed by atoms with van der Waals surface area (Å²) >= 11 is 5.37. The number of hydrogen-bond donors (Lipinski definition) is 0. The third-order valence-corrected chi connectivity index (χ3v) is 7.01. The predicted molar refractivity (Wildman–Crippen MR) is 127 cm³/mol. The average Bonchev–Trinajstić information content (AvgIpc) is 3.45. The first-order valence-electron chi connectivity index (χ1n) is 10.4. The average molecular weight is 503 g/mol. The summed E-state index contributed by atoms with van der Waals surface area (Å²) in [6.45, 7) is 1.26. The molecule has 31 heavy (non-hydrogen) atoms. The highest BCUT2D eigenvalue weighted by molar-refractivity contribution is 9.10. The lowest BCUT2D eigenvalue weighted by atomic mass is 10.0. The molecule has 1 aromatic heterocycles. The van der Waals surface area contributed by atoms with Crippen molar-refractivity contribution in [3.63, 3.8) is 0 Å². The standard InChI is InChI=1S/C24H27BrN2O3S/c1-28-22-8-4-20(5-9-22)15-31-16-23-14-29-24(30-23,17-27-13-12-26-18-27)11-10-19-2-6-21(25)7-3-19/h2-9,12-13,18,23H,10-11,14-17H2,1H3. The number of hydrogen-bond acceptors (Lipinski definition) is 5. The highest BCUT2D eigenvalue weighted by Gasteiger charge is 2.41. The molecule has 0 amide bonds. The van der Waals surface area contributed by atoms with Crippen LogP contribution in [0.2, 0.25) is 0 Å². The van der Waals surface area contributed by atoms with Crippen molar-refractivity contribution in [1.82, 2.24) is 9.55 Å². The summed E-state index contributed by atoms with van der Waals surface area (Å²) in [6.07, 6.45) is 7.34. The van der Waals surface area contributed by atoms with Gasteiger partial charge >= 0.3 is 0 Å². The van der Waals surface area contributed by atoms with Gasteiger partial charge in [0.25, 0.3) is 0 Å². The van der Waals surface area contributed by atoms with Gasteiger partial charge < -0.3 is 18.8 Å². The van der Waals surface area contributed by atoms with Crippen molar-refractivity contribution in [2.45, 2.75) is 37.0 Å². The van der Waals surface area contributed by atoms with E-state index in [0.29, 0.717) is 13.2 Å². The van der Waals surface area contributed by atoms with Crippen LogP contribution in [0.5, 0.6) is 5.75 Å². The highest BCUT2D eigenvalue weighted by atomic mass is 79.9. The SMILES string of the molecule is COc1ccc(CSCC2COC(CCc3ccc(Br)cc3)(Cn3ccnc3)O2)cc1. The number of thioether (sulfide) groups is 1. The minimum Gasteiger partial charge on any atom is -0.497 e. The zero-order valence-corrected chi connectivity index (χ0v) is 20.0. The number of imidazole rings is 1. The van der Waals surface area contributed by atoms with Gasteiger partial charge in [-0.15, -0.1) is 0 Å². The van der Waals surface area contributed by atoms with Crippen LogP contribution in [0.25, 0.3) is 0 Å². The minimum atomic E-state index is -0.626. The predicted octanol–water partition coefficient (Wildman–Crippen LogP) is 5.33. The quantitative estimate of drug-likeness (QED) is 0.374. The number of ether oxygens (including phenoxy) is 3. The van der Waals surface area contributed by atoms with Gasteiger partial charge in [0.2, 0.25) is 0 Å². The second-order valence-corrected chi connectivity index (χ2v) is 9.63. The Bertz CT molecular complexity index is 934. The fraction of sp³-hybridized carbons (Fsp3) is 0.375. The Morgan fingerprint density at radius 2 is 1.94 bits per heavy atom. The molecule has 0 aliphatic carbocycles. The molecule has 5 nitrogen and oxygen atoms in total. The molecule has 0 N–H and O–H groups in total. The van der Waals surface area contributed by atoms with Crippen molar-refractivity contribution in [3.8, 4) is 5.75 Å². The van der Waals surface area contributed by atoms with Gasteiger partial charge in [0.15, 0.2) is 5.79 Å². The molecule has 1 aliphatic heterocycles. The van der Waals surface area contributed by atoms with Crippen LogP contribution in [-0.4, -0.2) is 40.9 Å². The van der Waals surface area contributed by atoms with Gasteiger partial charge in [0, 0.05) is 34.8 Å². The maximum Gasteiger partial charge on any atom is 0.187 e. The number of nitrogens with zero attached hydrogens (tertiary/aromatic N) is 2. The van der Waals surface area contributed by atoms with Crippen molar-refractivity contribution in [1.29, 1.82) is 0 Å². The smallest absolute Gasteiger partial charge is 0.187 e. The molecule has 0 radical (unpaired) electrons. The molecular weight excluding hydrogens is 476 g/mol. The number of methoxy groups -OCH3 is 1. The topological polar surface area (TPSA) is 45.5 Å². The van der Waals surface area contributed by atoms with E-state index in [-0.39, 0.29) is 6.10 Å². The van der Waals surface area contributed by atoms with E-state index in [9.17, 15) is 0 Å². The van der Waals surface area contributed by atoms with Gasteiger partial charge in [-0.25, -0.2) is 4.98 Å². The van der Waals surface area contributed by atoms with Crippen LogP contribution in [0.15, 0.2) is 71.7 Å². The molecule has 1 fully saturated rings. The maximum absolute atomic E-state index is 6.52. The van der Waals surface area contributed by atoms with Crippen LogP contribution in [0, 0.1) is 0 Å². The van der Waals surface area contributed by atoms with Crippen molar-refractivity contribution in [2.24, 2.45) is 0 Å². The van der Waals surface area contributed by atoms with Crippen molar-refractivity contribution >= 4 is 27.7 Å². The van der Waals surface area contributed by atoms with Crippen LogP contribution < -0.4 is 4.74 Å². The molecule has 2 unspecified atom stereocenters. The molecule has 4 rings (SSSR count). The van der Waals surface area contributed by atoms with Crippen LogP contribution in [-0.2, 0) is 28.2 Å². The molecular formula is C24H27BrN2O3S. The number of rotatable bonds is 10. The normalized spacial score (nSPS) is 20.8. The van der Waals surface area contributed by atoms with E-state index >= 15 is 0 Å². The van der Waals surface area contributed by atoms with Crippen LogP contribution >= 0.6 is 27.7 Å². The fourth-order valence-corrected chi connectivity index (χ4v) is 4.90. The molecule has 2 atom stereocenters. The molecule has 0 bridgehead atoms. The van der Waals surface area contributed by atoms with E-state index in [1.165, 1.54) is 11.1 Å². The number of aromatic nitrogens is 2. The summed E-state index contributed by atoms with van der Waals surface area (Å²) in [4.78, 5) is 4.17. The monoisotopic (exact) mass is 502 g/mol. The molecule has 164 valence electrons. The lowest BCUT2D eigenvalue weighted by Gasteiger charge is -2.28. The van der Waals surface area contributed by atoms with E-state index in [4.69, 9.17) is 14.2 Å². The Morgan fingerprint density at radius 3 is 2.65 bits per heavy atom. The first-order chi connectivity index (χ1) is 15.1. The second kappa shape index (κ2) is 10.7. The summed E-state index contributed by atoms with van der Waals surface area (Å²) in [7, 11) is 1.69. The van der Waals surface area contributed by atoms with Gasteiger partial charge in [-0.3, -0.25) is 0 Å². The Balaban J connectivity index is 1.33. The largest absolute Gasteiger partial charge is 0.497 e. The molecule has 0 spiro atoms. The van der Waals surface area contributed by atoms with Crippen LogP contribution in [0.3, 0.4) is 0 Å². The number of halogens is 1. The Labute approximate surface area is 196 Å². The summed E-state index contributed by atoms with van der Waals surface area (Å²) in [5, 5.41) is 0. The first-order valence-corrected chi connectivity index (χ1v) is 12.3. The minimum absolute atomic E-state index is 0.0803. The molecule has 3 aromatic rings. The van der Waals surface area contributed by atoms with E-state index in [1.54, 1.807) is 13.3 Å².